The maximum atomic E-state index is 12.5. The minimum atomic E-state index is -0.468. The number of imidazole rings is 1. The minimum Gasteiger partial charge on any atom is -0.491 e. The van der Waals surface area contributed by atoms with E-state index in [2.05, 4.69) is 17.2 Å². The Kier molecular flexibility index (Phi) is 6.11. The van der Waals surface area contributed by atoms with Gasteiger partial charge in [0.05, 0.1) is 28.9 Å². The summed E-state index contributed by atoms with van der Waals surface area (Å²) in [7, 11) is 0. The van der Waals surface area contributed by atoms with Crippen LogP contribution in [-0.2, 0) is 11.3 Å². The first-order chi connectivity index (χ1) is 13.9. The van der Waals surface area contributed by atoms with E-state index in [9.17, 15) is 14.9 Å². The zero-order chi connectivity index (χ0) is 21.0. The summed E-state index contributed by atoms with van der Waals surface area (Å²) in [6, 6.07) is 12.1. The number of nitrogens with zero attached hydrogens (tertiary/aromatic N) is 3. The molecule has 1 heterocycles. The van der Waals surface area contributed by atoms with Crippen molar-refractivity contribution in [2.45, 2.75) is 45.9 Å². The van der Waals surface area contributed by atoms with Gasteiger partial charge in [-0.1, -0.05) is 25.1 Å². The molecule has 2 aromatic carbocycles. The van der Waals surface area contributed by atoms with Crippen molar-refractivity contribution in [3.63, 3.8) is 0 Å². The molecule has 0 aliphatic rings. The molecule has 0 unspecified atom stereocenters. The number of nitro groups is 1. The number of aromatic nitrogens is 2. The number of amides is 1. The lowest BCUT2D eigenvalue weighted by molar-refractivity contribution is -0.383. The van der Waals surface area contributed by atoms with Gasteiger partial charge in [0.25, 0.3) is 5.69 Å². The van der Waals surface area contributed by atoms with Crippen LogP contribution in [0, 0.1) is 10.1 Å². The number of ether oxygens (including phenoxy) is 1. The van der Waals surface area contributed by atoms with Crippen LogP contribution in [0.3, 0.4) is 0 Å². The van der Waals surface area contributed by atoms with Gasteiger partial charge in [-0.2, -0.15) is 0 Å². The van der Waals surface area contributed by atoms with Crippen LogP contribution in [0.2, 0.25) is 0 Å². The zero-order valence-electron chi connectivity index (χ0n) is 16.7. The Hall–Kier alpha value is -3.42. The summed E-state index contributed by atoms with van der Waals surface area (Å²) in [5, 5.41) is 14.2. The van der Waals surface area contributed by atoms with Crippen LogP contribution in [0.5, 0.6) is 5.75 Å². The summed E-state index contributed by atoms with van der Waals surface area (Å²) in [5.41, 5.74) is 1.69. The lowest BCUT2D eigenvalue weighted by atomic mass is 10.1. The number of fused-ring (bicyclic) bond motifs is 1. The van der Waals surface area contributed by atoms with Gasteiger partial charge < -0.3 is 14.6 Å². The number of carbonyl (C=O) groups is 1. The molecule has 152 valence electrons. The average Bonchev–Trinajstić information content (AvgIpc) is 3.11. The number of para-hydroxylation sites is 1. The minimum absolute atomic E-state index is 0.0547. The second-order valence-electron chi connectivity index (χ2n) is 6.97. The highest BCUT2D eigenvalue weighted by molar-refractivity contribution is 5.87. The Bertz CT molecular complexity index is 1010. The van der Waals surface area contributed by atoms with Crippen molar-refractivity contribution < 1.29 is 14.5 Å². The fraction of sp³-hybridized carbons (Fsp3) is 0.333. The number of nitro benzene ring substituents is 1. The number of rotatable bonds is 8. The molecule has 0 saturated carbocycles. The van der Waals surface area contributed by atoms with Crippen LogP contribution in [0.4, 0.5) is 5.69 Å². The lowest BCUT2D eigenvalue weighted by Crippen LogP contribution is -2.30. The van der Waals surface area contributed by atoms with Gasteiger partial charge in [-0.05, 0) is 44.0 Å². The molecule has 0 spiro atoms. The van der Waals surface area contributed by atoms with Crippen molar-refractivity contribution in [3.05, 3.63) is 64.5 Å². The Morgan fingerprint density at radius 2 is 1.97 bits per heavy atom. The molecule has 1 amide bonds. The summed E-state index contributed by atoms with van der Waals surface area (Å²) < 4.78 is 7.27. The molecule has 1 aromatic heterocycles. The van der Waals surface area contributed by atoms with Gasteiger partial charge in [0, 0.05) is 6.07 Å². The summed E-state index contributed by atoms with van der Waals surface area (Å²) in [6.07, 6.45) is 2.52. The van der Waals surface area contributed by atoms with Crippen molar-refractivity contribution >= 4 is 22.6 Å². The molecule has 29 heavy (non-hydrogen) atoms. The van der Waals surface area contributed by atoms with Gasteiger partial charge in [0.1, 0.15) is 17.8 Å². The topological polar surface area (TPSA) is 99.3 Å². The summed E-state index contributed by atoms with van der Waals surface area (Å²) >= 11 is 0. The van der Waals surface area contributed by atoms with Gasteiger partial charge in [-0.15, -0.1) is 0 Å². The monoisotopic (exact) mass is 396 g/mol. The molecule has 8 nitrogen and oxygen atoms in total. The number of carbonyl (C=O) groups excluding carboxylic acids is 1. The largest absolute Gasteiger partial charge is 0.491 e. The zero-order valence-corrected chi connectivity index (χ0v) is 16.7. The Labute approximate surface area is 168 Å². The van der Waals surface area contributed by atoms with Gasteiger partial charge >= 0.3 is 0 Å². The molecule has 8 heteroatoms. The van der Waals surface area contributed by atoms with E-state index in [1.165, 1.54) is 17.0 Å². The number of hydrogen-bond donors (Lipinski definition) is 1. The van der Waals surface area contributed by atoms with Crippen LogP contribution < -0.4 is 10.1 Å². The predicted molar refractivity (Wildman–Crippen MR) is 110 cm³/mol. The molecule has 0 radical (unpaired) electrons. The molecule has 0 saturated heterocycles. The normalized spacial score (nSPS) is 13.1. The first-order valence-electron chi connectivity index (χ1n) is 9.53. The van der Waals surface area contributed by atoms with Crippen molar-refractivity contribution in [2.24, 2.45) is 0 Å². The fourth-order valence-electron chi connectivity index (χ4n) is 3.05. The number of nitrogens with one attached hydrogen (secondary N) is 1. The Balaban J connectivity index is 1.68. The summed E-state index contributed by atoms with van der Waals surface area (Å²) in [4.78, 5) is 27.5. The number of benzene rings is 2. The van der Waals surface area contributed by atoms with Crippen LogP contribution in [0.15, 0.2) is 48.8 Å². The predicted octanol–water partition coefficient (Wildman–Crippen LogP) is 4.00. The maximum absolute atomic E-state index is 12.5. The Morgan fingerprint density at radius 1 is 1.24 bits per heavy atom. The Morgan fingerprint density at radius 3 is 2.62 bits per heavy atom. The molecule has 0 aliphatic carbocycles. The van der Waals surface area contributed by atoms with E-state index in [-0.39, 0.29) is 30.3 Å². The van der Waals surface area contributed by atoms with E-state index in [0.29, 0.717) is 11.0 Å². The third-order valence-corrected chi connectivity index (χ3v) is 4.80. The first kappa shape index (κ1) is 20.3. The molecular formula is C21H24N4O4. The summed E-state index contributed by atoms with van der Waals surface area (Å²) in [5.74, 6) is 0.536. The lowest BCUT2D eigenvalue weighted by Gasteiger charge is -2.17. The van der Waals surface area contributed by atoms with Gasteiger partial charge in [0.2, 0.25) is 5.91 Å². The molecule has 1 N–H and O–H groups in total. The molecule has 0 aliphatic heterocycles. The van der Waals surface area contributed by atoms with Crippen molar-refractivity contribution in [1.82, 2.24) is 14.9 Å². The average molecular weight is 396 g/mol. The molecule has 0 fully saturated rings. The molecular weight excluding hydrogens is 372 g/mol. The van der Waals surface area contributed by atoms with Crippen LogP contribution in [-0.4, -0.2) is 26.5 Å². The van der Waals surface area contributed by atoms with Crippen molar-refractivity contribution in [3.8, 4) is 5.75 Å². The van der Waals surface area contributed by atoms with E-state index in [1.54, 1.807) is 12.1 Å². The van der Waals surface area contributed by atoms with E-state index in [1.807, 2.05) is 38.1 Å². The number of hydrogen-bond acceptors (Lipinski definition) is 5. The standard InChI is InChI=1S/C21H24N4O4/c1-4-14(2)29-17-10-8-16(9-11-17)15(3)23-20(26)12-24-13-22-18-6-5-7-19(21(18)24)25(27)28/h5-11,13-15H,4,12H2,1-3H3,(H,23,26)/t14-,15-/m0/s1. The van der Waals surface area contributed by atoms with E-state index in [0.717, 1.165) is 17.7 Å². The first-order valence-corrected chi connectivity index (χ1v) is 9.53. The number of non-ortho nitro benzene ring substituents is 1. The van der Waals surface area contributed by atoms with Crippen molar-refractivity contribution in [1.29, 1.82) is 0 Å². The molecule has 2 atom stereocenters. The highest BCUT2D eigenvalue weighted by Crippen LogP contribution is 2.24. The maximum Gasteiger partial charge on any atom is 0.295 e. The van der Waals surface area contributed by atoms with E-state index in [4.69, 9.17) is 4.74 Å². The van der Waals surface area contributed by atoms with E-state index < -0.39 is 4.92 Å². The van der Waals surface area contributed by atoms with Crippen LogP contribution in [0.1, 0.15) is 38.8 Å². The molecule has 0 bridgehead atoms. The van der Waals surface area contributed by atoms with Gasteiger partial charge in [-0.25, -0.2) is 4.98 Å². The van der Waals surface area contributed by atoms with E-state index >= 15 is 0 Å². The van der Waals surface area contributed by atoms with Gasteiger partial charge in [-0.3, -0.25) is 14.9 Å². The van der Waals surface area contributed by atoms with Crippen LogP contribution in [0.25, 0.3) is 11.0 Å². The smallest absolute Gasteiger partial charge is 0.295 e. The molecule has 3 aromatic rings. The second-order valence-corrected chi connectivity index (χ2v) is 6.97. The quantitative estimate of drug-likeness (QED) is 0.458. The van der Waals surface area contributed by atoms with Crippen molar-refractivity contribution in [2.75, 3.05) is 0 Å². The van der Waals surface area contributed by atoms with Crippen LogP contribution >= 0.6 is 0 Å². The molecule has 3 rings (SSSR count). The fourth-order valence-corrected chi connectivity index (χ4v) is 3.05. The highest BCUT2D eigenvalue weighted by atomic mass is 16.6. The second kappa shape index (κ2) is 8.72. The third kappa shape index (κ3) is 4.71. The van der Waals surface area contributed by atoms with Gasteiger partial charge in [0.15, 0.2) is 0 Å². The highest BCUT2D eigenvalue weighted by Gasteiger charge is 2.18. The SMILES string of the molecule is CC[C@H](C)Oc1ccc([C@H](C)NC(=O)Cn2cnc3cccc([N+](=O)[O-])c32)cc1. The third-order valence-electron chi connectivity index (χ3n) is 4.80. The summed E-state index contributed by atoms with van der Waals surface area (Å²) in [6.45, 7) is 5.91.